The molecule has 3 heteroatoms. The molecule has 0 spiro atoms. The fourth-order valence-corrected chi connectivity index (χ4v) is 2.11. The van der Waals surface area contributed by atoms with Crippen molar-refractivity contribution >= 4 is 12.0 Å². The molecule has 2 aromatic rings. The molecule has 2 aromatic carbocycles. The van der Waals surface area contributed by atoms with Crippen LogP contribution >= 0.6 is 0 Å². The van der Waals surface area contributed by atoms with Crippen molar-refractivity contribution in [2.75, 3.05) is 0 Å². The highest BCUT2D eigenvalue weighted by Gasteiger charge is 2.05. The normalized spacial score (nSPS) is 10.9. The van der Waals surface area contributed by atoms with Crippen LogP contribution in [-0.2, 0) is 4.79 Å². The molecule has 0 atom stereocenters. The van der Waals surface area contributed by atoms with Crippen molar-refractivity contribution in [3.63, 3.8) is 0 Å². The van der Waals surface area contributed by atoms with Crippen molar-refractivity contribution in [1.29, 1.82) is 0 Å². The summed E-state index contributed by atoms with van der Waals surface area (Å²) in [6.07, 6.45) is 2.68. The van der Waals surface area contributed by atoms with E-state index in [0.717, 1.165) is 33.9 Å². The van der Waals surface area contributed by atoms with Crippen LogP contribution in [0.3, 0.4) is 0 Å². The zero-order chi connectivity index (χ0) is 14.7. The summed E-state index contributed by atoms with van der Waals surface area (Å²) in [7, 11) is 0. The van der Waals surface area contributed by atoms with Crippen molar-refractivity contribution in [3.8, 4) is 16.9 Å². The average molecular weight is 268 g/mol. The van der Waals surface area contributed by atoms with Crippen molar-refractivity contribution in [2.24, 2.45) is 0 Å². The Morgan fingerprint density at radius 1 is 1.05 bits per heavy atom. The van der Waals surface area contributed by atoms with E-state index in [1.165, 1.54) is 0 Å². The smallest absolute Gasteiger partial charge is 0.328 e. The third kappa shape index (κ3) is 3.06. The van der Waals surface area contributed by atoms with Gasteiger partial charge in [-0.25, -0.2) is 4.79 Å². The molecular formula is C17H16O3. The van der Waals surface area contributed by atoms with E-state index in [4.69, 9.17) is 5.11 Å². The molecule has 20 heavy (non-hydrogen) atoms. The van der Waals surface area contributed by atoms with Crippen molar-refractivity contribution in [2.45, 2.75) is 13.8 Å². The third-order valence-corrected chi connectivity index (χ3v) is 3.13. The molecule has 0 radical (unpaired) electrons. The Morgan fingerprint density at radius 2 is 1.70 bits per heavy atom. The van der Waals surface area contributed by atoms with E-state index in [1.54, 1.807) is 6.08 Å². The van der Waals surface area contributed by atoms with Crippen molar-refractivity contribution < 1.29 is 15.0 Å². The van der Waals surface area contributed by atoms with E-state index < -0.39 is 5.97 Å². The van der Waals surface area contributed by atoms with Crippen molar-refractivity contribution in [1.82, 2.24) is 0 Å². The number of carboxylic acid groups (broad SMARTS) is 1. The quantitative estimate of drug-likeness (QED) is 0.833. The Bertz CT molecular complexity index is 661. The fraction of sp³-hybridized carbons (Fsp3) is 0.118. The Labute approximate surface area is 117 Å². The van der Waals surface area contributed by atoms with Crippen LogP contribution in [0.1, 0.15) is 16.7 Å². The first-order valence-corrected chi connectivity index (χ1v) is 6.29. The van der Waals surface area contributed by atoms with Crippen LogP contribution in [0.25, 0.3) is 17.2 Å². The summed E-state index contributed by atoms with van der Waals surface area (Å²) in [4.78, 5) is 10.5. The molecule has 0 saturated heterocycles. The molecule has 0 aliphatic heterocycles. The Balaban J connectivity index is 2.43. The summed E-state index contributed by atoms with van der Waals surface area (Å²) in [5.74, 6) is -0.651. The summed E-state index contributed by atoms with van der Waals surface area (Å²) < 4.78 is 0. The van der Waals surface area contributed by atoms with Crippen LogP contribution in [-0.4, -0.2) is 16.2 Å². The van der Waals surface area contributed by atoms with Gasteiger partial charge in [0, 0.05) is 6.08 Å². The number of benzene rings is 2. The highest BCUT2D eigenvalue weighted by atomic mass is 16.4. The number of phenolic OH excluding ortho intramolecular Hbond substituents is 1. The second kappa shape index (κ2) is 5.61. The molecule has 2 rings (SSSR count). The minimum atomic E-state index is -0.966. The van der Waals surface area contributed by atoms with E-state index in [9.17, 15) is 9.90 Å². The first-order valence-electron chi connectivity index (χ1n) is 6.29. The summed E-state index contributed by atoms with van der Waals surface area (Å²) in [5, 5.41) is 18.5. The molecule has 2 N–H and O–H groups in total. The number of phenols is 1. The Hall–Kier alpha value is -2.55. The first-order chi connectivity index (χ1) is 9.47. The number of rotatable bonds is 3. The predicted molar refractivity (Wildman–Crippen MR) is 79.7 cm³/mol. The Morgan fingerprint density at radius 3 is 2.30 bits per heavy atom. The fourth-order valence-electron chi connectivity index (χ4n) is 2.11. The SMILES string of the molecule is Cc1cc(-c2cccc(/C=C/C(=O)O)c2)cc(C)c1O. The molecular weight excluding hydrogens is 252 g/mol. The van der Waals surface area contributed by atoms with Gasteiger partial charge in [0.05, 0.1) is 0 Å². The molecule has 0 saturated carbocycles. The van der Waals surface area contributed by atoms with Gasteiger partial charge in [-0.1, -0.05) is 18.2 Å². The van der Waals surface area contributed by atoms with Gasteiger partial charge in [0.1, 0.15) is 5.75 Å². The Kier molecular flexibility index (Phi) is 3.89. The molecule has 0 aliphatic rings. The molecule has 0 bridgehead atoms. The number of aryl methyl sites for hydroxylation is 2. The summed E-state index contributed by atoms with van der Waals surface area (Å²) >= 11 is 0. The number of carboxylic acids is 1. The number of hydrogen-bond donors (Lipinski definition) is 2. The number of aromatic hydroxyl groups is 1. The highest BCUT2D eigenvalue weighted by Crippen LogP contribution is 2.29. The second-order valence-corrected chi connectivity index (χ2v) is 4.76. The molecule has 102 valence electrons. The number of hydrogen-bond acceptors (Lipinski definition) is 2. The van der Waals surface area contributed by atoms with Gasteiger partial charge in [-0.15, -0.1) is 0 Å². The largest absolute Gasteiger partial charge is 0.507 e. The van der Waals surface area contributed by atoms with Crippen molar-refractivity contribution in [3.05, 3.63) is 59.2 Å². The minimum absolute atomic E-state index is 0.315. The van der Waals surface area contributed by atoms with Gasteiger partial charge < -0.3 is 10.2 Å². The maximum absolute atomic E-state index is 10.5. The van der Waals surface area contributed by atoms with Gasteiger partial charge in [-0.05, 0) is 65.9 Å². The average Bonchev–Trinajstić information content (AvgIpc) is 2.42. The maximum atomic E-state index is 10.5. The van der Waals surface area contributed by atoms with E-state index in [2.05, 4.69) is 0 Å². The molecule has 0 aromatic heterocycles. The summed E-state index contributed by atoms with van der Waals surface area (Å²) in [6.45, 7) is 3.72. The first kappa shape index (κ1) is 13.9. The molecule has 0 fully saturated rings. The molecule has 0 heterocycles. The lowest BCUT2D eigenvalue weighted by atomic mass is 9.98. The maximum Gasteiger partial charge on any atom is 0.328 e. The number of aliphatic carboxylic acids is 1. The monoisotopic (exact) mass is 268 g/mol. The van der Waals surface area contributed by atoms with Crippen LogP contribution < -0.4 is 0 Å². The second-order valence-electron chi connectivity index (χ2n) is 4.76. The standard InChI is InChI=1S/C17H16O3/c1-11-8-15(9-12(2)17(11)20)14-5-3-4-13(10-14)6-7-16(18)19/h3-10,20H,1-2H3,(H,18,19)/b7-6+. The van der Waals surface area contributed by atoms with Gasteiger partial charge in [0.15, 0.2) is 0 Å². The van der Waals surface area contributed by atoms with E-state index >= 15 is 0 Å². The van der Waals surface area contributed by atoms with Gasteiger partial charge in [-0.2, -0.15) is 0 Å². The zero-order valence-corrected chi connectivity index (χ0v) is 11.4. The van der Waals surface area contributed by atoms with E-state index in [1.807, 2.05) is 50.2 Å². The topological polar surface area (TPSA) is 57.5 Å². The highest BCUT2D eigenvalue weighted by molar-refractivity contribution is 5.85. The van der Waals surface area contributed by atoms with Crippen LogP contribution in [0.15, 0.2) is 42.5 Å². The lowest BCUT2D eigenvalue weighted by Gasteiger charge is -2.08. The van der Waals surface area contributed by atoms with Gasteiger partial charge >= 0.3 is 5.97 Å². The van der Waals surface area contributed by atoms with Crippen LogP contribution in [0.4, 0.5) is 0 Å². The van der Waals surface area contributed by atoms with E-state index in [-0.39, 0.29) is 0 Å². The summed E-state index contributed by atoms with van der Waals surface area (Å²) in [6, 6.07) is 11.5. The van der Waals surface area contributed by atoms with Crippen LogP contribution in [0.5, 0.6) is 5.75 Å². The molecule has 0 amide bonds. The third-order valence-electron chi connectivity index (χ3n) is 3.13. The lowest BCUT2D eigenvalue weighted by molar-refractivity contribution is -0.131. The van der Waals surface area contributed by atoms with Crippen LogP contribution in [0.2, 0.25) is 0 Å². The molecule has 0 aliphatic carbocycles. The van der Waals surface area contributed by atoms with Gasteiger partial charge in [-0.3, -0.25) is 0 Å². The van der Waals surface area contributed by atoms with Gasteiger partial charge in [0.25, 0.3) is 0 Å². The lowest BCUT2D eigenvalue weighted by Crippen LogP contribution is -1.87. The zero-order valence-electron chi connectivity index (χ0n) is 11.4. The number of carbonyl (C=O) groups is 1. The van der Waals surface area contributed by atoms with E-state index in [0.29, 0.717) is 5.75 Å². The predicted octanol–water partition coefficient (Wildman–Crippen LogP) is 3.77. The molecule has 3 nitrogen and oxygen atoms in total. The molecule has 0 unspecified atom stereocenters. The van der Waals surface area contributed by atoms with Gasteiger partial charge in [0.2, 0.25) is 0 Å². The summed E-state index contributed by atoms with van der Waals surface area (Å²) in [5.41, 5.74) is 4.47. The minimum Gasteiger partial charge on any atom is -0.507 e. The van der Waals surface area contributed by atoms with Crippen LogP contribution in [0, 0.1) is 13.8 Å².